The van der Waals surface area contributed by atoms with E-state index in [0.29, 0.717) is 24.9 Å². The molecule has 5 heteroatoms. The Labute approximate surface area is 151 Å². The zero-order valence-corrected chi connectivity index (χ0v) is 15.6. The zero-order valence-electron chi connectivity index (χ0n) is 15.6. The first-order valence-corrected chi connectivity index (χ1v) is 9.59. The number of hydrogen-bond donors (Lipinski definition) is 0. The van der Waals surface area contributed by atoms with E-state index in [-0.39, 0.29) is 5.54 Å². The number of carbonyl (C=O) groups is 1. The Hall–Kier alpha value is -1.46. The third-order valence-electron chi connectivity index (χ3n) is 5.75. The lowest BCUT2D eigenvalue weighted by molar-refractivity contribution is -0.151. The van der Waals surface area contributed by atoms with Crippen molar-refractivity contribution in [1.82, 2.24) is 14.8 Å². The Bertz CT molecular complexity index is 557. The van der Waals surface area contributed by atoms with E-state index in [1.807, 2.05) is 29.3 Å². The second-order valence-corrected chi connectivity index (χ2v) is 7.69. The van der Waals surface area contributed by atoms with Gasteiger partial charge in [-0.25, -0.2) is 0 Å². The number of likely N-dealkylation sites (N-methyl/N-ethyl adjacent to an activating group) is 1. The summed E-state index contributed by atoms with van der Waals surface area (Å²) in [6.07, 6.45) is 6.89. The molecule has 0 radical (unpaired) electrons. The van der Waals surface area contributed by atoms with Gasteiger partial charge in [0.1, 0.15) is 0 Å². The molecule has 2 saturated heterocycles. The second-order valence-electron chi connectivity index (χ2n) is 7.69. The molecule has 0 saturated carbocycles. The maximum absolute atomic E-state index is 12.2. The van der Waals surface area contributed by atoms with Gasteiger partial charge in [0, 0.05) is 25.7 Å². The number of piperidine rings is 1. The van der Waals surface area contributed by atoms with Gasteiger partial charge in [0.05, 0.1) is 24.4 Å². The molecule has 0 unspecified atom stereocenters. The first kappa shape index (κ1) is 18.3. The first-order valence-electron chi connectivity index (χ1n) is 9.59. The Balaban J connectivity index is 1.45. The summed E-state index contributed by atoms with van der Waals surface area (Å²) in [5.74, 6) is 0.905. The number of aromatic nitrogens is 1. The van der Waals surface area contributed by atoms with Crippen LogP contribution < -0.4 is 0 Å². The van der Waals surface area contributed by atoms with Gasteiger partial charge in [-0.2, -0.15) is 0 Å². The number of amides is 1. The van der Waals surface area contributed by atoms with Crippen LogP contribution >= 0.6 is 0 Å². The molecule has 1 atom stereocenters. The Morgan fingerprint density at radius 2 is 2.24 bits per heavy atom. The SMILES string of the molecule is CCCCC(=O)N1CC2(C[C@@H](COCc3ccccn3)CCN2C)C1. The summed E-state index contributed by atoms with van der Waals surface area (Å²) in [4.78, 5) is 21.0. The van der Waals surface area contributed by atoms with Crippen LogP contribution in [0, 0.1) is 5.92 Å². The molecule has 1 aromatic heterocycles. The quantitative estimate of drug-likeness (QED) is 0.762. The molecule has 2 aliphatic heterocycles. The Kier molecular flexibility index (Phi) is 6.07. The van der Waals surface area contributed by atoms with Crippen molar-refractivity contribution in [3.63, 3.8) is 0 Å². The highest BCUT2D eigenvalue weighted by molar-refractivity contribution is 5.77. The highest BCUT2D eigenvalue weighted by Gasteiger charge is 2.50. The second kappa shape index (κ2) is 8.28. The summed E-state index contributed by atoms with van der Waals surface area (Å²) in [6, 6.07) is 5.92. The molecular formula is C20H31N3O2. The minimum absolute atomic E-state index is 0.180. The summed E-state index contributed by atoms with van der Waals surface area (Å²) in [5, 5.41) is 0. The fourth-order valence-electron chi connectivity index (χ4n) is 4.06. The van der Waals surface area contributed by atoms with Crippen LogP contribution in [-0.4, -0.2) is 59.5 Å². The largest absolute Gasteiger partial charge is 0.375 e. The fraction of sp³-hybridized carbons (Fsp3) is 0.700. The lowest BCUT2D eigenvalue weighted by Crippen LogP contribution is -2.72. The lowest BCUT2D eigenvalue weighted by Gasteiger charge is -2.58. The van der Waals surface area contributed by atoms with E-state index in [4.69, 9.17) is 4.74 Å². The smallest absolute Gasteiger partial charge is 0.222 e. The molecule has 1 amide bonds. The van der Waals surface area contributed by atoms with E-state index in [1.54, 1.807) is 0 Å². The van der Waals surface area contributed by atoms with Crippen LogP contribution in [0.5, 0.6) is 0 Å². The summed E-state index contributed by atoms with van der Waals surface area (Å²) in [6.45, 7) is 6.38. The van der Waals surface area contributed by atoms with E-state index in [1.165, 1.54) is 6.42 Å². The number of pyridine rings is 1. The molecular weight excluding hydrogens is 314 g/mol. The van der Waals surface area contributed by atoms with Crippen LogP contribution in [0.15, 0.2) is 24.4 Å². The number of unbranched alkanes of at least 4 members (excludes halogenated alkanes) is 1. The Morgan fingerprint density at radius 1 is 1.40 bits per heavy atom. The minimum atomic E-state index is 0.180. The summed E-state index contributed by atoms with van der Waals surface area (Å²) < 4.78 is 5.92. The maximum atomic E-state index is 12.2. The number of likely N-dealkylation sites (tertiary alicyclic amines) is 2. The molecule has 1 spiro atoms. The van der Waals surface area contributed by atoms with Crippen molar-refractivity contribution in [1.29, 1.82) is 0 Å². The van der Waals surface area contributed by atoms with Crippen molar-refractivity contribution in [2.45, 2.75) is 51.2 Å². The molecule has 25 heavy (non-hydrogen) atoms. The normalized spacial score (nSPS) is 22.8. The van der Waals surface area contributed by atoms with Crippen LogP contribution in [-0.2, 0) is 16.1 Å². The molecule has 0 bridgehead atoms. The summed E-state index contributed by atoms with van der Waals surface area (Å²) >= 11 is 0. The molecule has 0 aromatic carbocycles. The number of nitrogens with zero attached hydrogens (tertiary/aromatic N) is 3. The van der Waals surface area contributed by atoms with Crippen LogP contribution in [0.2, 0.25) is 0 Å². The average molecular weight is 345 g/mol. The molecule has 5 nitrogen and oxygen atoms in total. The minimum Gasteiger partial charge on any atom is -0.375 e. The Morgan fingerprint density at radius 3 is 2.96 bits per heavy atom. The maximum Gasteiger partial charge on any atom is 0.222 e. The van der Waals surface area contributed by atoms with Gasteiger partial charge in [-0.3, -0.25) is 14.7 Å². The van der Waals surface area contributed by atoms with E-state index in [0.717, 1.165) is 51.2 Å². The van der Waals surface area contributed by atoms with Gasteiger partial charge in [-0.05, 0) is 50.9 Å². The van der Waals surface area contributed by atoms with Gasteiger partial charge in [-0.1, -0.05) is 19.4 Å². The van der Waals surface area contributed by atoms with E-state index in [2.05, 4.69) is 23.9 Å². The standard InChI is InChI=1S/C20H31N3O2/c1-3-4-8-19(24)23-15-20(16-23)12-17(9-11-22(20)2)13-25-14-18-7-5-6-10-21-18/h5-7,10,17H,3-4,8-9,11-16H2,1-2H3/t17-/m0/s1. The van der Waals surface area contributed by atoms with E-state index >= 15 is 0 Å². The van der Waals surface area contributed by atoms with E-state index < -0.39 is 0 Å². The number of hydrogen-bond acceptors (Lipinski definition) is 4. The molecule has 0 N–H and O–H groups in total. The first-order chi connectivity index (χ1) is 12.1. The van der Waals surface area contributed by atoms with Crippen LogP contribution in [0.3, 0.4) is 0 Å². The van der Waals surface area contributed by atoms with Crippen molar-refractivity contribution < 1.29 is 9.53 Å². The fourth-order valence-corrected chi connectivity index (χ4v) is 4.06. The molecule has 2 fully saturated rings. The molecule has 1 aromatic rings. The van der Waals surface area contributed by atoms with Gasteiger partial charge >= 0.3 is 0 Å². The number of ether oxygens (including phenoxy) is 1. The number of rotatable bonds is 7. The van der Waals surface area contributed by atoms with Crippen molar-refractivity contribution in [3.05, 3.63) is 30.1 Å². The van der Waals surface area contributed by atoms with Gasteiger partial charge in [0.15, 0.2) is 0 Å². The van der Waals surface area contributed by atoms with Crippen LogP contribution in [0.1, 0.15) is 44.7 Å². The highest BCUT2D eigenvalue weighted by atomic mass is 16.5. The van der Waals surface area contributed by atoms with Crippen molar-refractivity contribution in [3.8, 4) is 0 Å². The number of carbonyl (C=O) groups excluding carboxylic acids is 1. The predicted octanol–water partition coefficient (Wildman–Crippen LogP) is 2.71. The summed E-state index contributed by atoms with van der Waals surface area (Å²) in [5.41, 5.74) is 1.17. The lowest BCUT2D eigenvalue weighted by atomic mass is 9.75. The third-order valence-corrected chi connectivity index (χ3v) is 5.75. The molecule has 138 valence electrons. The topological polar surface area (TPSA) is 45.7 Å². The van der Waals surface area contributed by atoms with Crippen molar-refractivity contribution in [2.75, 3.05) is 33.3 Å². The third kappa shape index (κ3) is 4.39. The van der Waals surface area contributed by atoms with Crippen molar-refractivity contribution in [2.24, 2.45) is 5.92 Å². The van der Waals surface area contributed by atoms with Gasteiger partial charge < -0.3 is 9.64 Å². The van der Waals surface area contributed by atoms with Crippen molar-refractivity contribution >= 4 is 5.91 Å². The van der Waals surface area contributed by atoms with Crippen LogP contribution in [0.25, 0.3) is 0 Å². The average Bonchev–Trinajstić information content (AvgIpc) is 2.60. The molecule has 3 rings (SSSR count). The summed E-state index contributed by atoms with van der Waals surface area (Å²) in [7, 11) is 2.21. The van der Waals surface area contributed by atoms with Crippen LogP contribution in [0.4, 0.5) is 0 Å². The zero-order chi connectivity index (χ0) is 17.7. The highest BCUT2D eigenvalue weighted by Crippen LogP contribution is 2.38. The van der Waals surface area contributed by atoms with Gasteiger partial charge in [0.2, 0.25) is 5.91 Å². The molecule has 3 heterocycles. The monoisotopic (exact) mass is 345 g/mol. The van der Waals surface area contributed by atoms with Gasteiger partial charge in [-0.15, -0.1) is 0 Å². The molecule has 0 aliphatic carbocycles. The van der Waals surface area contributed by atoms with E-state index in [9.17, 15) is 4.79 Å². The predicted molar refractivity (Wildman–Crippen MR) is 98.1 cm³/mol. The van der Waals surface area contributed by atoms with Gasteiger partial charge in [0.25, 0.3) is 0 Å². The molecule has 2 aliphatic rings.